The predicted molar refractivity (Wildman–Crippen MR) is 81.9 cm³/mol. The van der Waals surface area contributed by atoms with Crippen LogP contribution in [0.5, 0.6) is 0 Å². The lowest BCUT2D eigenvalue weighted by Crippen LogP contribution is -2.33. The van der Waals surface area contributed by atoms with E-state index in [9.17, 15) is 0 Å². The summed E-state index contributed by atoms with van der Waals surface area (Å²) < 4.78 is 2.39. The zero-order chi connectivity index (χ0) is 12.3. The second kappa shape index (κ2) is 3.71. The summed E-state index contributed by atoms with van der Waals surface area (Å²) in [4.78, 5) is 0. The average Bonchev–Trinajstić information content (AvgIpc) is 2.57. The van der Waals surface area contributed by atoms with E-state index in [1.54, 1.807) is 0 Å². The molecule has 2 heteroatoms. The van der Waals surface area contributed by atoms with Crippen molar-refractivity contribution in [3.05, 3.63) is 56.5 Å². The summed E-state index contributed by atoms with van der Waals surface area (Å²) in [6, 6.07) is 13.5. The van der Waals surface area contributed by atoms with Crippen LogP contribution < -0.4 is 0 Å². The number of halogens is 2. The van der Waals surface area contributed by atoms with Gasteiger partial charge in [0.2, 0.25) is 0 Å². The number of benzene rings is 2. The summed E-state index contributed by atoms with van der Waals surface area (Å²) in [7, 11) is 0. The molecular weight excluding hydrogens is 352 g/mol. The van der Waals surface area contributed by atoms with Gasteiger partial charge in [0.25, 0.3) is 0 Å². The van der Waals surface area contributed by atoms with E-state index in [1.165, 1.54) is 50.5 Å². The first-order valence-electron chi connectivity index (χ1n) is 6.31. The first-order chi connectivity index (χ1) is 8.71. The van der Waals surface area contributed by atoms with Crippen LogP contribution in [0.4, 0.5) is 0 Å². The van der Waals surface area contributed by atoms with E-state index < -0.39 is 0 Å². The molecule has 0 aromatic heterocycles. The molecule has 0 N–H and O–H groups in total. The largest absolute Gasteiger partial charge is 0.0529 e. The topological polar surface area (TPSA) is 0 Å². The third-order valence-corrected chi connectivity index (χ3v) is 5.48. The lowest BCUT2D eigenvalue weighted by molar-refractivity contribution is 0.308. The number of fused-ring (bicyclic) bond motifs is 5. The molecule has 0 radical (unpaired) electrons. The smallest absolute Gasteiger partial charge is 0.0216 e. The minimum atomic E-state index is 0.304. The van der Waals surface area contributed by atoms with Crippen molar-refractivity contribution >= 4 is 31.9 Å². The maximum Gasteiger partial charge on any atom is 0.0216 e. The van der Waals surface area contributed by atoms with Crippen molar-refractivity contribution in [2.45, 2.75) is 24.7 Å². The van der Waals surface area contributed by atoms with E-state index in [4.69, 9.17) is 0 Å². The summed E-state index contributed by atoms with van der Waals surface area (Å²) in [5.41, 5.74) is 6.21. The Morgan fingerprint density at radius 1 is 0.778 bits per heavy atom. The van der Waals surface area contributed by atoms with Gasteiger partial charge in [-0.1, -0.05) is 50.4 Å². The van der Waals surface area contributed by atoms with Crippen LogP contribution in [0, 0.1) is 0 Å². The van der Waals surface area contributed by atoms with Gasteiger partial charge in [-0.3, -0.25) is 0 Å². The summed E-state index contributed by atoms with van der Waals surface area (Å²) in [5.74, 6) is 0. The monoisotopic (exact) mass is 362 g/mol. The molecule has 0 saturated heterocycles. The molecule has 4 rings (SSSR count). The molecule has 0 bridgehead atoms. The van der Waals surface area contributed by atoms with Crippen LogP contribution >= 0.6 is 31.9 Å². The van der Waals surface area contributed by atoms with Gasteiger partial charge in [-0.2, -0.15) is 0 Å². The van der Waals surface area contributed by atoms with Crippen LogP contribution in [0.2, 0.25) is 0 Å². The van der Waals surface area contributed by atoms with Gasteiger partial charge in [0, 0.05) is 14.4 Å². The van der Waals surface area contributed by atoms with Crippen LogP contribution in [0.15, 0.2) is 45.3 Å². The minimum Gasteiger partial charge on any atom is -0.0529 e. The Morgan fingerprint density at radius 2 is 1.28 bits per heavy atom. The minimum absolute atomic E-state index is 0.304. The summed E-state index contributed by atoms with van der Waals surface area (Å²) in [6.45, 7) is 0. The third kappa shape index (κ3) is 1.31. The highest BCUT2D eigenvalue weighted by atomic mass is 79.9. The molecule has 0 aliphatic heterocycles. The van der Waals surface area contributed by atoms with Gasteiger partial charge in [0.05, 0.1) is 0 Å². The molecule has 1 spiro atoms. The Morgan fingerprint density at radius 3 is 1.67 bits per heavy atom. The zero-order valence-corrected chi connectivity index (χ0v) is 13.0. The van der Waals surface area contributed by atoms with Gasteiger partial charge in [0.1, 0.15) is 0 Å². The Bertz CT molecular complexity index is 601. The average molecular weight is 364 g/mol. The van der Waals surface area contributed by atoms with Crippen molar-refractivity contribution in [3.8, 4) is 11.1 Å². The van der Waals surface area contributed by atoms with E-state index in [2.05, 4.69) is 68.3 Å². The number of hydrogen-bond acceptors (Lipinski definition) is 0. The van der Waals surface area contributed by atoms with E-state index in [-0.39, 0.29) is 0 Å². The molecule has 0 nitrogen and oxygen atoms in total. The van der Waals surface area contributed by atoms with E-state index in [1.807, 2.05) is 0 Å². The van der Waals surface area contributed by atoms with Crippen LogP contribution in [-0.4, -0.2) is 0 Å². The van der Waals surface area contributed by atoms with E-state index in [0.717, 1.165) is 0 Å². The summed E-state index contributed by atoms with van der Waals surface area (Å²) in [5, 5.41) is 0. The second-order valence-electron chi connectivity index (χ2n) is 5.32. The van der Waals surface area contributed by atoms with Crippen molar-refractivity contribution in [3.63, 3.8) is 0 Å². The van der Waals surface area contributed by atoms with Crippen LogP contribution in [0.3, 0.4) is 0 Å². The molecule has 0 atom stereocenters. The van der Waals surface area contributed by atoms with Crippen molar-refractivity contribution in [1.82, 2.24) is 0 Å². The Hall–Kier alpha value is -0.600. The molecule has 2 aliphatic rings. The van der Waals surface area contributed by atoms with Gasteiger partial charge < -0.3 is 0 Å². The molecular formula is C16H12Br2. The van der Waals surface area contributed by atoms with E-state index in [0.29, 0.717) is 5.41 Å². The molecule has 18 heavy (non-hydrogen) atoms. The van der Waals surface area contributed by atoms with Crippen molar-refractivity contribution in [1.29, 1.82) is 0 Å². The normalized spacial score (nSPS) is 18.3. The van der Waals surface area contributed by atoms with Crippen molar-refractivity contribution in [2.75, 3.05) is 0 Å². The lowest BCUT2D eigenvalue weighted by Gasteiger charge is -2.40. The molecule has 2 aliphatic carbocycles. The van der Waals surface area contributed by atoms with Gasteiger partial charge in [0.15, 0.2) is 0 Å². The molecule has 0 unspecified atom stereocenters. The Labute approximate surface area is 124 Å². The van der Waals surface area contributed by atoms with E-state index >= 15 is 0 Å². The maximum atomic E-state index is 3.62. The maximum absolute atomic E-state index is 3.62. The van der Waals surface area contributed by atoms with Crippen LogP contribution in [0.25, 0.3) is 11.1 Å². The molecule has 1 fully saturated rings. The van der Waals surface area contributed by atoms with Crippen molar-refractivity contribution < 1.29 is 0 Å². The number of rotatable bonds is 0. The summed E-state index contributed by atoms with van der Waals surface area (Å²) >= 11 is 7.24. The first kappa shape index (κ1) is 11.2. The standard InChI is InChI=1S/C16H12Br2/c17-10-2-4-12-13-5-3-11(18)9-15(13)16(6-1-7-16)14(12)8-10/h2-5,8-9H,1,6-7H2. The highest BCUT2D eigenvalue weighted by Gasteiger charge is 2.47. The van der Waals surface area contributed by atoms with Crippen LogP contribution in [0.1, 0.15) is 30.4 Å². The fourth-order valence-electron chi connectivity index (χ4n) is 3.51. The van der Waals surface area contributed by atoms with Crippen LogP contribution in [-0.2, 0) is 5.41 Å². The third-order valence-electron chi connectivity index (χ3n) is 4.49. The quantitative estimate of drug-likeness (QED) is 0.566. The molecule has 1 saturated carbocycles. The van der Waals surface area contributed by atoms with Gasteiger partial charge in [-0.15, -0.1) is 0 Å². The van der Waals surface area contributed by atoms with Gasteiger partial charge >= 0.3 is 0 Å². The number of hydrogen-bond donors (Lipinski definition) is 0. The molecule has 90 valence electrons. The Balaban J connectivity index is 2.07. The summed E-state index contributed by atoms with van der Waals surface area (Å²) in [6.07, 6.45) is 3.93. The zero-order valence-electron chi connectivity index (χ0n) is 9.84. The van der Waals surface area contributed by atoms with Crippen molar-refractivity contribution in [2.24, 2.45) is 0 Å². The lowest BCUT2D eigenvalue weighted by atomic mass is 9.63. The predicted octanol–water partition coefficient (Wildman–Crippen LogP) is 5.66. The SMILES string of the molecule is Brc1ccc2c(c1)C1(CCC1)c1cc(Br)ccc1-2. The second-order valence-corrected chi connectivity index (χ2v) is 7.15. The molecule has 2 aromatic carbocycles. The fourth-order valence-corrected chi connectivity index (χ4v) is 4.23. The highest BCUT2D eigenvalue weighted by molar-refractivity contribution is 9.10. The first-order valence-corrected chi connectivity index (χ1v) is 7.90. The highest BCUT2D eigenvalue weighted by Crippen LogP contribution is 2.59. The molecule has 2 aromatic rings. The molecule has 0 amide bonds. The molecule has 0 heterocycles. The van der Waals surface area contributed by atoms with Gasteiger partial charge in [-0.05, 0) is 59.4 Å². The Kier molecular flexibility index (Phi) is 2.31. The van der Waals surface area contributed by atoms with Gasteiger partial charge in [-0.25, -0.2) is 0 Å². The fraction of sp³-hybridized carbons (Fsp3) is 0.250.